The molecule has 0 spiro atoms. The minimum absolute atomic E-state index is 0.167. The van der Waals surface area contributed by atoms with Gasteiger partial charge >= 0.3 is 0 Å². The van der Waals surface area contributed by atoms with Crippen LogP contribution in [0.5, 0.6) is 0 Å². The van der Waals surface area contributed by atoms with Crippen LogP contribution < -0.4 is 10.9 Å². The number of aromatic nitrogens is 4. The van der Waals surface area contributed by atoms with Gasteiger partial charge in [-0.25, -0.2) is 9.67 Å². The highest BCUT2D eigenvalue weighted by atomic mass is 32.1. The van der Waals surface area contributed by atoms with Gasteiger partial charge in [0.2, 0.25) is 5.95 Å². The number of anilines is 1. The number of hydrogen-bond donors (Lipinski definition) is 1. The lowest BCUT2D eigenvalue weighted by molar-refractivity contribution is 0.102. The summed E-state index contributed by atoms with van der Waals surface area (Å²) in [6, 6.07) is 6.86. The Morgan fingerprint density at radius 2 is 2.00 bits per heavy atom. The molecular formula is C13H11N5O2S. The van der Waals surface area contributed by atoms with E-state index in [-0.39, 0.29) is 17.2 Å². The maximum absolute atomic E-state index is 12.3. The van der Waals surface area contributed by atoms with Crippen LogP contribution in [0.2, 0.25) is 0 Å². The van der Waals surface area contributed by atoms with Crippen LogP contribution in [-0.4, -0.2) is 25.0 Å². The van der Waals surface area contributed by atoms with Gasteiger partial charge in [0.05, 0.1) is 5.39 Å². The summed E-state index contributed by atoms with van der Waals surface area (Å²) in [5.74, 6) is -0.207. The van der Waals surface area contributed by atoms with Crippen molar-refractivity contribution in [3.8, 4) is 0 Å². The molecular weight excluding hydrogens is 290 g/mol. The third kappa shape index (κ3) is 2.40. The molecule has 1 amide bonds. The van der Waals surface area contributed by atoms with Crippen LogP contribution >= 0.6 is 11.5 Å². The highest BCUT2D eigenvalue weighted by Crippen LogP contribution is 2.15. The van der Waals surface area contributed by atoms with E-state index in [2.05, 4.69) is 19.8 Å². The molecule has 0 aliphatic rings. The third-order valence-corrected chi connectivity index (χ3v) is 3.54. The van der Waals surface area contributed by atoms with E-state index in [0.717, 1.165) is 9.69 Å². The van der Waals surface area contributed by atoms with Gasteiger partial charge < -0.3 is 0 Å². The van der Waals surface area contributed by atoms with Gasteiger partial charge in [-0.05, 0) is 24.5 Å². The molecule has 0 aliphatic carbocycles. The SMILES string of the molecule is Cc1nc(NC(=O)c2nn(C)c(=O)c3ccccc23)ns1. The lowest BCUT2D eigenvalue weighted by Crippen LogP contribution is -2.25. The van der Waals surface area contributed by atoms with Gasteiger partial charge in [0, 0.05) is 12.4 Å². The Morgan fingerprint density at radius 1 is 1.29 bits per heavy atom. The van der Waals surface area contributed by atoms with Crippen molar-refractivity contribution in [1.29, 1.82) is 0 Å². The lowest BCUT2D eigenvalue weighted by atomic mass is 10.1. The lowest BCUT2D eigenvalue weighted by Gasteiger charge is -2.07. The summed E-state index contributed by atoms with van der Waals surface area (Å²) in [6.07, 6.45) is 0. The standard InChI is InChI=1S/C13H11N5O2S/c1-7-14-13(17-21-7)15-11(19)10-8-5-3-4-6-9(8)12(20)18(2)16-10/h3-6H,1-2H3,(H,15,17,19). The van der Waals surface area contributed by atoms with Crippen molar-refractivity contribution in [2.45, 2.75) is 6.92 Å². The second-order valence-corrected chi connectivity index (χ2v) is 5.37. The summed E-state index contributed by atoms with van der Waals surface area (Å²) < 4.78 is 5.15. The number of aryl methyl sites for hydroxylation is 2. The van der Waals surface area contributed by atoms with E-state index in [1.165, 1.54) is 18.6 Å². The number of fused-ring (bicyclic) bond motifs is 1. The van der Waals surface area contributed by atoms with Crippen molar-refractivity contribution in [2.24, 2.45) is 7.05 Å². The predicted octanol–water partition coefficient (Wildman–Crippen LogP) is 1.35. The summed E-state index contributed by atoms with van der Waals surface area (Å²) in [5.41, 5.74) is -0.0788. The van der Waals surface area contributed by atoms with Gasteiger partial charge in [-0.1, -0.05) is 18.2 Å². The average Bonchev–Trinajstić information content (AvgIpc) is 2.88. The molecule has 0 saturated carbocycles. The molecule has 3 aromatic rings. The summed E-state index contributed by atoms with van der Waals surface area (Å²) in [7, 11) is 1.51. The van der Waals surface area contributed by atoms with E-state index in [1.54, 1.807) is 31.2 Å². The minimum atomic E-state index is -0.445. The molecule has 106 valence electrons. The third-order valence-electron chi connectivity index (χ3n) is 2.92. The zero-order valence-electron chi connectivity index (χ0n) is 11.3. The molecule has 2 heterocycles. The first-order valence-corrected chi connectivity index (χ1v) is 6.91. The molecule has 0 unspecified atom stereocenters. The summed E-state index contributed by atoms with van der Waals surface area (Å²) in [5, 5.41) is 8.34. The number of rotatable bonds is 2. The number of nitrogens with zero attached hydrogens (tertiary/aromatic N) is 4. The van der Waals surface area contributed by atoms with Gasteiger partial charge in [0.25, 0.3) is 11.5 Å². The number of nitrogens with one attached hydrogen (secondary N) is 1. The monoisotopic (exact) mass is 301 g/mol. The molecule has 0 fully saturated rings. The Hall–Kier alpha value is -2.61. The topological polar surface area (TPSA) is 89.8 Å². The van der Waals surface area contributed by atoms with Crippen LogP contribution in [0.15, 0.2) is 29.1 Å². The molecule has 1 N–H and O–H groups in total. The number of hydrogen-bond acceptors (Lipinski definition) is 6. The molecule has 0 atom stereocenters. The van der Waals surface area contributed by atoms with Crippen molar-refractivity contribution >= 4 is 34.2 Å². The molecule has 3 rings (SSSR count). The van der Waals surface area contributed by atoms with Crippen LogP contribution in [0.4, 0.5) is 5.95 Å². The van der Waals surface area contributed by atoms with Crippen molar-refractivity contribution in [1.82, 2.24) is 19.1 Å². The molecule has 8 heteroatoms. The average molecular weight is 301 g/mol. The largest absolute Gasteiger partial charge is 0.288 e. The van der Waals surface area contributed by atoms with E-state index in [4.69, 9.17) is 0 Å². The van der Waals surface area contributed by atoms with E-state index in [0.29, 0.717) is 10.8 Å². The normalized spacial score (nSPS) is 10.8. The first-order valence-electron chi connectivity index (χ1n) is 6.14. The molecule has 2 aromatic heterocycles. The van der Waals surface area contributed by atoms with E-state index in [9.17, 15) is 9.59 Å². The number of carbonyl (C=O) groups excluding carboxylic acids is 1. The zero-order chi connectivity index (χ0) is 15.0. The smallest absolute Gasteiger partial charge is 0.279 e. The van der Waals surface area contributed by atoms with Gasteiger partial charge in [-0.2, -0.15) is 9.47 Å². The van der Waals surface area contributed by atoms with Crippen LogP contribution in [0.1, 0.15) is 15.5 Å². The predicted molar refractivity (Wildman–Crippen MR) is 79.6 cm³/mol. The Bertz CT molecular complexity index is 899. The van der Waals surface area contributed by atoms with Crippen LogP contribution in [0.3, 0.4) is 0 Å². The highest BCUT2D eigenvalue weighted by molar-refractivity contribution is 7.05. The Labute approximate surface area is 123 Å². The summed E-state index contributed by atoms with van der Waals surface area (Å²) in [6.45, 7) is 1.80. The van der Waals surface area contributed by atoms with E-state index < -0.39 is 5.91 Å². The molecule has 0 radical (unpaired) electrons. The Morgan fingerprint density at radius 3 is 2.67 bits per heavy atom. The van der Waals surface area contributed by atoms with E-state index in [1.807, 2.05) is 0 Å². The number of carbonyl (C=O) groups is 1. The minimum Gasteiger partial charge on any atom is -0.288 e. The quantitative estimate of drug-likeness (QED) is 0.771. The molecule has 7 nitrogen and oxygen atoms in total. The van der Waals surface area contributed by atoms with E-state index >= 15 is 0 Å². The van der Waals surface area contributed by atoms with Gasteiger partial charge in [0.15, 0.2) is 5.69 Å². The number of benzene rings is 1. The molecule has 0 aliphatic heterocycles. The van der Waals surface area contributed by atoms with Crippen molar-refractivity contribution in [3.05, 3.63) is 45.3 Å². The van der Waals surface area contributed by atoms with Gasteiger partial charge in [-0.3, -0.25) is 14.9 Å². The Balaban J connectivity index is 2.09. The number of amides is 1. The Kier molecular flexibility index (Phi) is 3.22. The van der Waals surface area contributed by atoms with Crippen molar-refractivity contribution in [2.75, 3.05) is 5.32 Å². The van der Waals surface area contributed by atoms with Crippen molar-refractivity contribution in [3.63, 3.8) is 0 Å². The zero-order valence-corrected chi connectivity index (χ0v) is 12.1. The fraction of sp³-hybridized carbons (Fsp3) is 0.154. The van der Waals surface area contributed by atoms with Gasteiger partial charge in [-0.15, -0.1) is 0 Å². The molecule has 0 saturated heterocycles. The second kappa shape index (κ2) is 5.06. The fourth-order valence-corrected chi connectivity index (χ4v) is 2.41. The first-order chi connectivity index (χ1) is 10.1. The second-order valence-electron chi connectivity index (χ2n) is 4.41. The maximum Gasteiger partial charge on any atom is 0.279 e. The molecule has 1 aromatic carbocycles. The van der Waals surface area contributed by atoms with Crippen LogP contribution in [0.25, 0.3) is 10.8 Å². The fourth-order valence-electron chi connectivity index (χ4n) is 1.98. The highest BCUT2D eigenvalue weighted by Gasteiger charge is 2.16. The van der Waals surface area contributed by atoms with Gasteiger partial charge in [0.1, 0.15) is 5.01 Å². The maximum atomic E-state index is 12.3. The van der Waals surface area contributed by atoms with Crippen LogP contribution in [-0.2, 0) is 7.05 Å². The van der Waals surface area contributed by atoms with Crippen LogP contribution in [0, 0.1) is 6.92 Å². The summed E-state index contributed by atoms with van der Waals surface area (Å²) in [4.78, 5) is 28.4. The van der Waals surface area contributed by atoms with Crippen molar-refractivity contribution < 1.29 is 4.79 Å². The molecule has 0 bridgehead atoms. The molecule has 21 heavy (non-hydrogen) atoms. The summed E-state index contributed by atoms with van der Waals surface area (Å²) >= 11 is 1.20. The first kappa shape index (κ1) is 13.4.